The van der Waals surface area contributed by atoms with Crippen molar-refractivity contribution in [3.63, 3.8) is 0 Å². The fourth-order valence-corrected chi connectivity index (χ4v) is 1.90. The van der Waals surface area contributed by atoms with Crippen LogP contribution in [-0.4, -0.2) is 5.91 Å². The van der Waals surface area contributed by atoms with Crippen LogP contribution in [0.4, 0.5) is 4.39 Å². The van der Waals surface area contributed by atoms with E-state index in [0.29, 0.717) is 12.1 Å². The molecule has 0 aliphatic rings. The summed E-state index contributed by atoms with van der Waals surface area (Å²) in [6.07, 6.45) is 0. The molecule has 0 atom stereocenters. The molecule has 0 aromatic heterocycles. The molecule has 0 unspecified atom stereocenters. The van der Waals surface area contributed by atoms with Gasteiger partial charge in [-0.25, -0.2) is 4.39 Å². The maximum Gasteiger partial charge on any atom is 0.254 e. The van der Waals surface area contributed by atoms with Crippen molar-refractivity contribution in [1.29, 1.82) is 0 Å². The molecule has 2 aromatic rings. The smallest absolute Gasteiger partial charge is 0.254 e. The van der Waals surface area contributed by atoms with E-state index in [4.69, 9.17) is 0 Å². The molecule has 0 saturated carbocycles. The summed E-state index contributed by atoms with van der Waals surface area (Å²) in [5.41, 5.74) is 2.70. The van der Waals surface area contributed by atoms with Gasteiger partial charge >= 0.3 is 0 Å². The molecule has 0 aliphatic carbocycles. The molecule has 2 aromatic carbocycles. The lowest BCUT2D eigenvalue weighted by atomic mass is 10.1. The molecular formula is C16H16FNO. The van der Waals surface area contributed by atoms with E-state index in [2.05, 4.69) is 5.32 Å². The van der Waals surface area contributed by atoms with Crippen molar-refractivity contribution in [3.8, 4) is 0 Å². The number of hydrogen-bond acceptors (Lipinski definition) is 1. The third-order valence-electron chi connectivity index (χ3n) is 3.14. The molecule has 0 fully saturated rings. The van der Waals surface area contributed by atoms with Gasteiger partial charge in [-0.2, -0.15) is 0 Å². The summed E-state index contributed by atoms with van der Waals surface area (Å²) in [6, 6.07) is 12.6. The van der Waals surface area contributed by atoms with Gasteiger partial charge in [-0.05, 0) is 36.6 Å². The Kier molecular flexibility index (Phi) is 3.95. The monoisotopic (exact) mass is 257 g/mol. The third kappa shape index (κ3) is 2.99. The quantitative estimate of drug-likeness (QED) is 0.897. The van der Waals surface area contributed by atoms with Gasteiger partial charge in [0.05, 0.1) is 5.56 Å². The summed E-state index contributed by atoms with van der Waals surface area (Å²) in [7, 11) is 0. The summed E-state index contributed by atoms with van der Waals surface area (Å²) in [6.45, 7) is 4.03. The maximum absolute atomic E-state index is 13.8. The zero-order valence-corrected chi connectivity index (χ0v) is 11.0. The first-order chi connectivity index (χ1) is 9.09. The highest BCUT2D eigenvalue weighted by atomic mass is 19.1. The highest BCUT2D eigenvalue weighted by molar-refractivity contribution is 5.94. The van der Waals surface area contributed by atoms with Gasteiger partial charge in [-0.1, -0.05) is 36.4 Å². The SMILES string of the molecule is Cc1ccccc1CNC(=O)c1cccc(C)c1F. The van der Waals surface area contributed by atoms with Gasteiger partial charge in [0.2, 0.25) is 0 Å². The zero-order chi connectivity index (χ0) is 13.8. The Morgan fingerprint density at radius 1 is 1.05 bits per heavy atom. The summed E-state index contributed by atoms with van der Waals surface area (Å²) >= 11 is 0. The molecule has 0 aliphatic heterocycles. The van der Waals surface area contributed by atoms with Crippen LogP contribution in [0.25, 0.3) is 0 Å². The first-order valence-corrected chi connectivity index (χ1v) is 6.17. The van der Waals surface area contributed by atoms with Crippen molar-refractivity contribution in [2.45, 2.75) is 20.4 Å². The molecule has 0 saturated heterocycles. The lowest BCUT2D eigenvalue weighted by Gasteiger charge is -2.09. The number of amides is 1. The zero-order valence-electron chi connectivity index (χ0n) is 11.0. The highest BCUT2D eigenvalue weighted by Crippen LogP contribution is 2.12. The standard InChI is InChI=1S/C16H16FNO/c1-11-6-3-4-8-13(11)10-18-16(19)14-9-5-7-12(2)15(14)17/h3-9H,10H2,1-2H3,(H,18,19). The largest absolute Gasteiger partial charge is 0.348 e. The minimum absolute atomic E-state index is 0.0913. The molecule has 0 heterocycles. The molecule has 0 radical (unpaired) electrons. The van der Waals surface area contributed by atoms with Crippen molar-refractivity contribution in [2.24, 2.45) is 0 Å². The van der Waals surface area contributed by atoms with Gasteiger partial charge in [-0.3, -0.25) is 4.79 Å². The molecule has 98 valence electrons. The predicted molar refractivity (Wildman–Crippen MR) is 73.5 cm³/mol. The van der Waals surface area contributed by atoms with Crippen LogP contribution in [0.3, 0.4) is 0 Å². The number of carbonyl (C=O) groups excluding carboxylic acids is 1. The van der Waals surface area contributed by atoms with Crippen LogP contribution in [0.1, 0.15) is 27.0 Å². The first kappa shape index (κ1) is 13.3. The number of rotatable bonds is 3. The van der Waals surface area contributed by atoms with E-state index in [1.165, 1.54) is 6.07 Å². The number of carbonyl (C=O) groups is 1. The highest BCUT2D eigenvalue weighted by Gasteiger charge is 2.12. The van der Waals surface area contributed by atoms with E-state index in [-0.39, 0.29) is 11.5 Å². The Morgan fingerprint density at radius 2 is 1.74 bits per heavy atom. The molecule has 0 spiro atoms. The predicted octanol–water partition coefficient (Wildman–Crippen LogP) is 3.37. The van der Waals surface area contributed by atoms with Gasteiger partial charge in [0.1, 0.15) is 5.82 Å². The maximum atomic E-state index is 13.8. The second-order valence-corrected chi connectivity index (χ2v) is 4.55. The Hall–Kier alpha value is -2.16. The average molecular weight is 257 g/mol. The van der Waals surface area contributed by atoms with Crippen LogP contribution >= 0.6 is 0 Å². The van der Waals surface area contributed by atoms with Crippen molar-refractivity contribution in [3.05, 3.63) is 70.5 Å². The summed E-state index contributed by atoms with van der Waals surface area (Å²) in [5, 5.41) is 2.75. The number of benzene rings is 2. The fourth-order valence-electron chi connectivity index (χ4n) is 1.90. The van der Waals surface area contributed by atoms with Gasteiger partial charge in [0, 0.05) is 6.54 Å². The first-order valence-electron chi connectivity index (χ1n) is 6.17. The average Bonchev–Trinajstić information content (AvgIpc) is 2.40. The molecule has 1 N–H and O–H groups in total. The van der Waals surface area contributed by atoms with Crippen LogP contribution in [0, 0.1) is 19.7 Å². The van der Waals surface area contributed by atoms with Crippen LogP contribution in [0.2, 0.25) is 0 Å². The van der Waals surface area contributed by atoms with E-state index in [0.717, 1.165) is 11.1 Å². The van der Waals surface area contributed by atoms with Crippen LogP contribution < -0.4 is 5.32 Å². The van der Waals surface area contributed by atoms with Crippen LogP contribution in [-0.2, 0) is 6.54 Å². The van der Waals surface area contributed by atoms with Crippen LogP contribution in [0.15, 0.2) is 42.5 Å². The van der Waals surface area contributed by atoms with Crippen molar-refractivity contribution in [1.82, 2.24) is 5.32 Å². The van der Waals surface area contributed by atoms with E-state index >= 15 is 0 Å². The van der Waals surface area contributed by atoms with Gasteiger partial charge in [-0.15, -0.1) is 0 Å². The topological polar surface area (TPSA) is 29.1 Å². The summed E-state index contributed by atoms with van der Waals surface area (Å²) in [4.78, 5) is 12.0. The Labute approximate surface area is 112 Å². The van der Waals surface area contributed by atoms with E-state index in [1.807, 2.05) is 31.2 Å². The van der Waals surface area contributed by atoms with Gasteiger partial charge in [0.25, 0.3) is 5.91 Å². The second kappa shape index (κ2) is 5.65. The Bertz CT molecular complexity index is 607. The molecular weight excluding hydrogens is 241 g/mol. The molecule has 0 bridgehead atoms. The second-order valence-electron chi connectivity index (χ2n) is 4.55. The minimum atomic E-state index is -0.454. The lowest BCUT2D eigenvalue weighted by molar-refractivity contribution is 0.0946. The summed E-state index contributed by atoms with van der Waals surface area (Å²) < 4.78 is 13.8. The van der Waals surface area contributed by atoms with Crippen molar-refractivity contribution >= 4 is 5.91 Å². The third-order valence-corrected chi connectivity index (χ3v) is 3.14. The van der Waals surface area contributed by atoms with E-state index in [1.54, 1.807) is 19.1 Å². The number of halogens is 1. The molecule has 3 heteroatoms. The molecule has 2 nitrogen and oxygen atoms in total. The van der Waals surface area contributed by atoms with Gasteiger partial charge < -0.3 is 5.32 Å². The number of nitrogens with one attached hydrogen (secondary N) is 1. The minimum Gasteiger partial charge on any atom is -0.348 e. The normalized spacial score (nSPS) is 10.3. The van der Waals surface area contributed by atoms with Crippen LogP contribution in [0.5, 0.6) is 0 Å². The fraction of sp³-hybridized carbons (Fsp3) is 0.188. The Morgan fingerprint density at radius 3 is 2.47 bits per heavy atom. The van der Waals surface area contributed by atoms with Gasteiger partial charge in [0.15, 0.2) is 0 Å². The van der Waals surface area contributed by atoms with E-state index < -0.39 is 5.82 Å². The number of hydrogen-bond donors (Lipinski definition) is 1. The Balaban J connectivity index is 2.10. The molecule has 1 amide bonds. The van der Waals surface area contributed by atoms with Crippen molar-refractivity contribution < 1.29 is 9.18 Å². The lowest BCUT2D eigenvalue weighted by Crippen LogP contribution is -2.24. The van der Waals surface area contributed by atoms with Crippen molar-refractivity contribution in [2.75, 3.05) is 0 Å². The molecule has 2 rings (SSSR count). The summed E-state index contributed by atoms with van der Waals surface area (Å²) in [5.74, 6) is -0.839. The number of aryl methyl sites for hydroxylation is 2. The molecule has 19 heavy (non-hydrogen) atoms. The van der Waals surface area contributed by atoms with E-state index in [9.17, 15) is 9.18 Å².